The lowest BCUT2D eigenvalue weighted by atomic mass is 10.0. The van der Waals surface area contributed by atoms with Crippen LogP contribution in [-0.4, -0.2) is 23.9 Å². The van der Waals surface area contributed by atoms with Crippen LogP contribution in [0.3, 0.4) is 0 Å². The monoisotopic (exact) mass is 364 g/mol. The molecule has 0 N–H and O–H groups in total. The van der Waals surface area contributed by atoms with E-state index in [1.165, 1.54) is 0 Å². The summed E-state index contributed by atoms with van der Waals surface area (Å²) in [6, 6.07) is 21.3. The second kappa shape index (κ2) is 8.34. The third-order valence-electron chi connectivity index (χ3n) is 4.43. The lowest BCUT2D eigenvalue weighted by molar-refractivity contribution is -0.297. The molecule has 1 aliphatic rings. The van der Waals surface area contributed by atoms with Crippen molar-refractivity contribution in [1.82, 2.24) is 0 Å². The number of benzene rings is 2. The van der Waals surface area contributed by atoms with Crippen molar-refractivity contribution in [2.24, 2.45) is 0 Å². The minimum absolute atomic E-state index is 0.0502. The van der Waals surface area contributed by atoms with E-state index in [9.17, 15) is 4.79 Å². The topological polar surface area (TPSA) is 62.6 Å². The molecule has 0 saturated carbocycles. The van der Waals surface area contributed by atoms with Gasteiger partial charge in [0.2, 0.25) is 5.91 Å². The fourth-order valence-corrected chi connectivity index (χ4v) is 3.45. The molecule has 0 aliphatic carbocycles. The summed E-state index contributed by atoms with van der Waals surface area (Å²) >= 11 is 0. The van der Waals surface area contributed by atoms with Crippen molar-refractivity contribution in [3.8, 4) is 6.07 Å². The second-order valence-corrected chi connectivity index (χ2v) is 7.08. The molecule has 3 rings (SSSR count). The Morgan fingerprint density at radius 3 is 2.07 bits per heavy atom. The molecule has 27 heavy (non-hydrogen) atoms. The summed E-state index contributed by atoms with van der Waals surface area (Å²) in [4.78, 5) is 14.9. The Morgan fingerprint density at radius 1 is 1.04 bits per heavy atom. The Hall–Kier alpha value is -2.68. The number of nitriles is 1. The molecule has 1 fully saturated rings. The average Bonchev–Trinajstić information content (AvgIpc) is 2.62. The molecule has 5 heteroatoms. The molecule has 0 bridgehead atoms. The molecule has 1 heterocycles. The highest BCUT2D eigenvalue weighted by atomic mass is 16.7. The molecule has 140 valence electrons. The number of hydrogen-bond acceptors (Lipinski definition) is 4. The van der Waals surface area contributed by atoms with Gasteiger partial charge in [0.1, 0.15) is 0 Å². The van der Waals surface area contributed by atoms with Gasteiger partial charge in [-0.1, -0.05) is 36.4 Å². The molecule has 0 spiro atoms. The summed E-state index contributed by atoms with van der Waals surface area (Å²) in [5.41, 5.74) is 1.63. The van der Waals surface area contributed by atoms with Gasteiger partial charge in [0, 0.05) is 17.8 Å². The lowest BCUT2D eigenvalue weighted by Gasteiger charge is -2.40. The fourth-order valence-electron chi connectivity index (χ4n) is 3.45. The molecule has 0 radical (unpaired) electrons. The van der Waals surface area contributed by atoms with Gasteiger partial charge >= 0.3 is 0 Å². The Balaban J connectivity index is 1.82. The van der Waals surface area contributed by atoms with Crippen LogP contribution in [0.25, 0.3) is 0 Å². The molecule has 2 unspecified atom stereocenters. The maximum absolute atomic E-state index is 13.2. The minimum Gasteiger partial charge on any atom is -0.347 e. The van der Waals surface area contributed by atoms with Crippen molar-refractivity contribution in [2.75, 3.05) is 4.90 Å². The Kier molecular flexibility index (Phi) is 5.90. The van der Waals surface area contributed by atoms with E-state index in [-0.39, 0.29) is 24.5 Å². The quantitative estimate of drug-likeness (QED) is 0.780. The van der Waals surface area contributed by atoms with Gasteiger partial charge in [-0.15, -0.1) is 0 Å². The van der Waals surface area contributed by atoms with Crippen LogP contribution < -0.4 is 4.90 Å². The van der Waals surface area contributed by atoms with Gasteiger partial charge in [-0.05, 0) is 38.1 Å². The molecule has 1 saturated heterocycles. The van der Waals surface area contributed by atoms with Crippen LogP contribution in [0.2, 0.25) is 0 Å². The predicted octanol–water partition coefficient (Wildman–Crippen LogP) is 4.57. The van der Waals surface area contributed by atoms with Gasteiger partial charge in [0.25, 0.3) is 0 Å². The highest BCUT2D eigenvalue weighted by Gasteiger charge is 2.37. The summed E-state index contributed by atoms with van der Waals surface area (Å²) in [5, 5.41) is 9.00. The Morgan fingerprint density at radius 2 is 1.56 bits per heavy atom. The Labute approximate surface area is 160 Å². The van der Waals surface area contributed by atoms with Crippen LogP contribution in [-0.2, 0) is 14.3 Å². The van der Waals surface area contributed by atoms with Crippen molar-refractivity contribution in [2.45, 2.75) is 51.1 Å². The number of para-hydroxylation sites is 2. The van der Waals surface area contributed by atoms with Crippen LogP contribution in [0.15, 0.2) is 60.7 Å². The zero-order valence-electron chi connectivity index (χ0n) is 15.7. The smallest absolute Gasteiger partial charge is 0.234 e. The van der Waals surface area contributed by atoms with Crippen LogP contribution in [0.4, 0.5) is 11.4 Å². The molecule has 2 aromatic carbocycles. The van der Waals surface area contributed by atoms with E-state index in [2.05, 4.69) is 6.07 Å². The molecule has 2 atom stereocenters. The first-order chi connectivity index (χ1) is 13.0. The number of anilines is 2. The van der Waals surface area contributed by atoms with Crippen LogP contribution in [0, 0.1) is 11.3 Å². The number of hydrogen-bond donors (Lipinski definition) is 0. The molecule has 1 amide bonds. The molecule has 1 aliphatic heterocycles. The highest BCUT2D eigenvalue weighted by Crippen LogP contribution is 2.32. The number of ether oxygens (including phenoxy) is 2. The molecular formula is C22H24N2O3. The summed E-state index contributed by atoms with van der Waals surface area (Å²) in [7, 11) is 0. The SMILES string of the molecule is CC1(C)OC(CC#N)CC(CC(=O)N(c2ccccc2)c2ccccc2)O1. The van der Waals surface area contributed by atoms with Crippen molar-refractivity contribution in [1.29, 1.82) is 5.26 Å². The lowest BCUT2D eigenvalue weighted by Crippen LogP contribution is -2.46. The third-order valence-corrected chi connectivity index (χ3v) is 4.43. The van der Waals surface area contributed by atoms with Gasteiger partial charge in [-0.2, -0.15) is 5.26 Å². The van der Waals surface area contributed by atoms with E-state index in [0.29, 0.717) is 12.8 Å². The number of amides is 1. The maximum Gasteiger partial charge on any atom is 0.234 e. The summed E-state index contributed by atoms with van der Waals surface area (Å²) < 4.78 is 11.7. The van der Waals surface area contributed by atoms with E-state index in [4.69, 9.17) is 14.7 Å². The van der Waals surface area contributed by atoms with Gasteiger partial charge in [-0.25, -0.2) is 0 Å². The van der Waals surface area contributed by atoms with E-state index < -0.39 is 5.79 Å². The zero-order chi connectivity index (χ0) is 19.3. The van der Waals surface area contributed by atoms with Crippen LogP contribution >= 0.6 is 0 Å². The normalized spacial score (nSPS) is 21.2. The third kappa shape index (κ3) is 4.94. The van der Waals surface area contributed by atoms with Crippen LogP contribution in [0.1, 0.15) is 33.1 Å². The fraction of sp³-hybridized carbons (Fsp3) is 0.364. The number of nitrogens with zero attached hydrogens (tertiary/aromatic N) is 2. The summed E-state index contributed by atoms with van der Waals surface area (Å²) in [6.07, 6.45) is 0.519. The molecular weight excluding hydrogens is 340 g/mol. The number of rotatable bonds is 5. The number of carbonyl (C=O) groups excluding carboxylic acids is 1. The van der Waals surface area contributed by atoms with E-state index in [0.717, 1.165) is 11.4 Å². The first-order valence-corrected chi connectivity index (χ1v) is 9.14. The first-order valence-electron chi connectivity index (χ1n) is 9.14. The molecule has 0 aromatic heterocycles. The largest absolute Gasteiger partial charge is 0.347 e. The van der Waals surface area contributed by atoms with Crippen molar-refractivity contribution in [3.05, 3.63) is 60.7 Å². The first kappa shape index (κ1) is 19.1. The van der Waals surface area contributed by atoms with Gasteiger partial charge in [-0.3, -0.25) is 9.69 Å². The van der Waals surface area contributed by atoms with Crippen LogP contribution in [0.5, 0.6) is 0 Å². The van der Waals surface area contributed by atoms with Gasteiger partial charge < -0.3 is 9.47 Å². The summed E-state index contributed by atoms with van der Waals surface area (Å²) in [6.45, 7) is 3.64. The predicted molar refractivity (Wildman–Crippen MR) is 103 cm³/mol. The molecule has 5 nitrogen and oxygen atoms in total. The van der Waals surface area contributed by atoms with Gasteiger partial charge in [0.15, 0.2) is 5.79 Å². The van der Waals surface area contributed by atoms with E-state index in [1.807, 2.05) is 74.5 Å². The minimum atomic E-state index is -0.810. The maximum atomic E-state index is 13.2. The van der Waals surface area contributed by atoms with Crippen molar-refractivity contribution < 1.29 is 14.3 Å². The van der Waals surface area contributed by atoms with Crippen molar-refractivity contribution >= 4 is 17.3 Å². The second-order valence-electron chi connectivity index (χ2n) is 7.08. The zero-order valence-corrected chi connectivity index (χ0v) is 15.7. The average molecular weight is 364 g/mol. The molecule has 2 aromatic rings. The van der Waals surface area contributed by atoms with E-state index in [1.54, 1.807) is 4.90 Å². The summed E-state index contributed by atoms with van der Waals surface area (Å²) in [5.74, 6) is -0.861. The van der Waals surface area contributed by atoms with Gasteiger partial charge in [0.05, 0.1) is 31.1 Å². The standard InChI is InChI=1S/C22H24N2O3/c1-22(2)26-19(13-14-23)15-20(27-22)16-21(25)24(17-9-5-3-6-10-17)18-11-7-4-8-12-18/h3-12,19-20H,13,15-16H2,1-2H3. The van der Waals surface area contributed by atoms with E-state index >= 15 is 0 Å². The number of carbonyl (C=O) groups is 1. The highest BCUT2D eigenvalue weighted by molar-refractivity contribution is 6.00. The van der Waals surface area contributed by atoms with Crippen molar-refractivity contribution in [3.63, 3.8) is 0 Å². The Bertz CT molecular complexity index is 760.